The largest absolute Gasteiger partial charge is 0.465 e. The number of hydrogen-bond donors (Lipinski definition) is 3. The topological polar surface area (TPSA) is 114 Å². The van der Waals surface area contributed by atoms with Crippen LogP contribution in [0.1, 0.15) is 45.6 Å². The molecule has 0 heterocycles. The van der Waals surface area contributed by atoms with Gasteiger partial charge in [-0.05, 0) is 64.3 Å². The Morgan fingerprint density at radius 3 is 2.16 bits per heavy atom. The Balaban J connectivity index is 2.12. The minimum absolute atomic E-state index is 0.0425. The van der Waals surface area contributed by atoms with Crippen molar-refractivity contribution < 1.29 is 19.1 Å². The molecule has 0 atom stereocenters. The first-order valence-electron chi connectivity index (χ1n) is 8.25. The molecule has 0 fully saturated rings. The number of esters is 1. The molecule has 25 heavy (non-hydrogen) atoms. The van der Waals surface area contributed by atoms with Crippen molar-refractivity contribution in [2.75, 3.05) is 18.9 Å². The SMILES string of the molecule is CC(C)(C)C(=O)OCCCCCOC(=O)NC(=N)c1ccc(N)cc1. The van der Waals surface area contributed by atoms with E-state index in [0.717, 1.165) is 6.42 Å². The molecule has 0 aliphatic rings. The number of amidine groups is 1. The quantitative estimate of drug-likeness (QED) is 0.230. The van der Waals surface area contributed by atoms with Gasteiger partial charge in [-0.3, -0.25) is 15.5 Å². The van der Waals surface area contributed by atoms with Crippen molar-refractivity contribution in [2.24, 2.45) is 5.41 Å². The highest BCUT2D eigenvalue weighted by molar-refractivity contribution is 6.04. The molecule has 4 N–H and O–H groups in total. The van der Waals surface area contributed by atoms with Gasteiger partial charge in [0.05, 0.1) is 18.6 Å². The van der Waals surface area contributed by atoms with Crippen LogP contribution in [0.5, 0.6) is 0 Å². The van der Waals surface area contributed by atoms with Gasteiger partial charge in [0.15, 0.2) is 0 Å². The number of anilines is 1. The molecule has 0 bridgehead atoms. The van der Waals surface area contributed by atoms with Crippen LogP contribution in [-0.4, -0.2) is 31.1 Å². The van der Waals surface area contributed by atoms with Crippen LogP contribution in [0.4, 0.5) is 10.5 Å². The molecule has 1 amide bonds. The summed E-state index contributed by atoms with van der Waals surface area (Å²) < 4.78 is 10.2. The van der Waals surface area contributed by atoms with E-state index in [1.165, 1.54) is 0 Å². The van der Waals surface area contributed by atoms with E-state index in [-0.39, 0.29) is 18.4 Å². The predicted molar refractivity (Wildman–Crippen MR) is 96.4 cm³/mol. The maximum absolute atomic E-state index is 11.6. The summed E-state index contributed by atoms with van der Waals surface area (Å²) in [5.74, 6) is -0.261. The second-order valence-corrected chi connectivity index (χ2v) is 6.70. The predicted octanol–water partition coefficient (Wildman–Crippen LogP) is 3.08. The number of carbonyl (C=O) groups excluding carboxylic acids is 2. The Labute approximate surface area is 148 Å². The van der Waals surface area contributed by atoms with Crippen LogP contribution in [0.15, 0.2) is 24.3 Å². The van der Waals surface area contributed by atoms with Gasteiger partial charge in [0.25, 0.3) is 0 Å². The van der Waals surface area contributed by atoms with Crippen LogP contribution < -0.4 is 11.1 Å². The zero-order valence-electron chi connectivity index (χ0n) is 15.1. The van der Waals surface area contributed by atoms with Gasteiger partial charge < -0.3 is 15.2 Å². The van der Waals surface area contributed by atoms with Crippen LogP contribution in [0.25, 0.3) is 0 Å². The van der Waals surface area contributed by atoms with Gasteiger partial charge in [-0.15, -0.1) is 0 Å². The molecular formula is C18H27N3O4. The van der Waals surface area contributed by atoms with E-state index < -0.39 is 11.5 Å². The summed E-state index contributed by atoms with van der Waals surface area (Å²) in [5, 5.41) is 10.2. The Morgan fingerprint density at radius 2 is 1.60 bits per heavy atom. The third-order valence-corrected chi connectivity index (χ3v) is 3.29. The van der Waals surface area contributed by atoms with Crippen LogP contribution in [0.2, 0.25) is 0 Å². The molecule has 0 saturated heterocycles. The average Bonchev–Trinajstić information content (AvgIpc) is 2.53. The molecule has 0 radical (unpaired) electrons. The number of carbonyl (C=O) groups is 2. The highest BCUT2D eigenvalue weighted by atomic mass is 16.5. The van der Waals surface area contributed by atoms with Gasteiger partial charge in [0, 0.05) is 11.3 Å². The average molecular weight is 349 g/mol. The lowest BCUT2D eigenvalue weighted by Crippen LogP contribution is -2.31. The number of nitrogens with one attached hydrogen (secondary N) is 2. The molecule has 1 aromatic rings. The first-order valence-corrected chi connectivity index (χ1v) is 8.25. The second-order valence-electron chi connectivity index (χ2n) is 6.70. The lowest BCUT2D eigenvalue weighted by Gasteiger charge is -2.16. The van der Waals surface area contributed by atoms with Crippen molar-refractivity contribution in [3.8, 4) is 0 Å². The lowest BCUT2D eigenvalue weighted by molar-refractivity contribution is -0.153. The van der Waals surface area contributed by atoms with Crippen LogP contribution in [-0.2, 0) is 14.3 Å². The summed E-state index contributed by atoms with van der Waals surface area (Å²) in [5.41, 5.74) is 6.22. The number of nitrogen functional groups attached to an aromatic ring is 1. The normalized spacial score (nSPS) is 10.8. The summed E-state index contributed by atoms with van der Waals surface area (Å²) >= 11 is 0. The first kappa shape index (κ1) is 20.5. The van der Waals surface area contributed by atoms with Crippen molar-refractivity contribution in [3.05, 3.63) is 29.8 Å². The van der Waals surface area contributed by atoms with E-state index in [4.69, 9.17) is 20.6 Å². The highest BCUT2D eigenvalue weighted by Gasteiger charge is 2.22. The third-order valence-electron chi connectivity index (χ3n) is 3.29. The minimum atomic E-state index is -0.666. The summed E-state index contributed by atoms with van der Waals surface area (Å²) in [6.45, 7) is 6.04. The number of rotatable bonds is 7. The molecule has 0 unspecified atom stereocenters. The van der Waals surface area contributed by atoms with Gasteiger partial charge in [-0.25, -0.2) is 4.79 Å². The van der Waals surface area contributed by atoms with Gasteiger partial charge in [0.2, 0.25) is 0 Å². The Hall–Kier alpha value is -2.57. The number of hydrogen-bond acceptors (Lipinski definition) is 6. The van der Waals surface area contributed by atoms with E-state index in [2.05, 4.69) is 5.32 Å². The number of nitrogens with two attached hydrogens (primary N) is 1. The van der Waals surface area contributed by atoms with Crippen molar-refractivity contribution >= 4 is 23.6 Å². The van der Waals surface area contributed by atoms with Crippen LogP contribution in [0, 0.1) is 10.8 Å². The van der Waals surface area contributed by atoms with Gasteiger partial charge in [-0.1, -0.05) is 0 Å². The van der Waals surface area contributed by atoms with Crippen molar-refractivity contribution in [1.82, 2.24) is 5.32 Å². The van der Waals surface area contributed by atoms with E-state index in [0.29, 0.717) is 30.7 Å². The summed E-state index contributed by atoms with van der Waals surface area (Å²) in [6, 6.07) is 6.61. The number of ether oxygens (including phenoxy) is 2. The molecule has 7 nitrogen and oxygen atoms in total. The van der Waals surface area contributed by atoms with Gasteiger partial charge >= 0.3 is 12.1 Å². The third kappa shape index (κ3) is 8.19. The van der Waals surface area contributed by atoms with E-state index in [1.54, 1.807) is 24.3 Å². The maximum Gasteiger partial charge on any atom is 0.412 e. The fourth-order valence-corrected chi connectivity index (χ4v) is 1.79. The Bertz CT molecular complexity index is 591. The summed E-state index contributed by atoms with van der Waals surface area (Å²) in [6.07, 6.45) is 1.49. The molecule has 138 valence electrons. The summed E-state index contributed by atoms with van der Waals surface area (Å²) in [7, 11) is 0. The molecule has 1 aromatic carbocycles. The molecule has 0 aliphatic heterocycles. The second kappa shape index (κ2) is 9.66. The molecule has 0 spiro atoms. The molecule has 0 saturated carbocycles. The first-order chi connectivity index (χ1) is 11.7. The number of alkyl carbamates (subject to hydrolysis) is 1. The standard InChI is InChI=1S/C18H27N3O4/c1-18(2,3)16(22)24-11-5-4-6-12-25-17(23)21-15(20)13-7-9-14(19)10-8-13/h7-10H,4-6,11-12,19H2,1-3H3,(H2,20,21,23). The van der Waals surface area contributed by atoms with Crippen molar-refractivity contribution in [2.45, 2.75) is 40.0 Å². The van der Waals surface area contributed by atoms with Crippen molar-refractivity contribution in [3.63, 3.8) is 0 Å². The number of amides is 1. The monoisotopic (exact) mass is 349 g/mol. The fraction of sp³-hybridized carbons (Fsp3) is 0.500. The smallest absolute Gasteiger partial charge is 0.412 e. The van der Waals surface area contributed by atoms with E-state index >= 15 is 0 Å². The fourth-order valence-electron chi connectivity index (χ4n) is 1.79. The van der Waals surface area contributed by atoms with E-state index in [9.17, 15) is 9.59 Å². The van der Waals surface area contributed by atoms with Gasteiger partial charge in [-0.2, -0.15) is 0 Å². The van der Waals surface area contributed by atoms with Crippen LogP contribution >= 0.6 is 0 Å². The lowest BCUT2D eigenvalue weighted by atomic mass is 9.97. The number of benzene rings is 1. The number of unbranched alkanes of at least 4 members (excludes halogenated alkanes) is 2. The minimum Gasteiger partial charge on any atom is -0.465 e. The molecular weight excluding hydrogens is 322 g/mol. The molecule has 0 aliphatic carbocycles. The zero-order valence-corrected chi connectivity index (χ0v) is 15.1. The molecule has 0 aromatic heterocycles. The van der Waals surface area contributed by atoms with Crippen molar-refractivity contribution in [1.29, 1.82) is 5.41 Å². The molecule has 7 heteroatoms. The Morgan fingerprint density at radius 1 is 1.04 bits per heavy atom. The van der Waals surface area contributed by atoms with Gasteiger partial charge in [0.1, 0.15) is 5.84 Å². The highest BCUT2D eigenvalue weighted by Crippen LogP contribution is 2.15. The van der Waals surface area contributed by atoms with Crippen LogP contribution in [0.3, 0.4) is 0 Å². The molecule has 1 rings (SSSR count). The van der Waals surface area contributed by atoms with E-state index in [1.807, 2.05) is 20.8 Å². The Kier molecular flexibility index (Phi) is 7.91. The maximum atomic E-state index is 11.6. The summed E-state index contributed by atoms with van der Waals surface area (Å²) in [4.78, 5) is 23.2. The zero-order chi connectivity index (χ0) is 18.9.